The summed E-state index contributed by atoms with van der Waals surface area (Å²) >= 11 is 6.21. The Morgan fingerprint density at radius 1 is 0.882 bits per heavy atom. The van der Waals surface area contributed by atoms with Gasteiger partial charge < -0.3 is 15.8 Å². The quantitative estimate of drug-likeness (QED) is 0.237. The Labute approximate surface area is 201 Å². The van der Waals surface area contributed by atoms with E-state index in [-0.39, 0.29) is 22.0 Å². The van der Waals surface area contributed by atoms with E-state index in [1.54, 1.807) is 42.5 Å². The van der Waals surface area contributed by atoms with Crippen LogP contribution in [-0.2, 0) is 9.59 Å². The van der Waals surface area contributed by atoms with Gasteiger partial charge in [0.25, 0.3) is 11.8 Å². The summed E-state index contributed by atoms with van der Waals surface area (Å²) in [6.45, 7) is 5.66. The topological polar surface area (TPSA) is 102 Å². The number of carbonyl (C=O) groups excluding carboxylic acids is 3. The van der Waals surface area contributed by atoms with Gasteiger partial charge in [-0.1, -0.05) is 23.7 Å². The maximum atomic E-state index is 13.0. The maximum absolute atomic E-state index is 13.0. The van der Waals surface area contributed by atoms with E-state index in [2.05, 4.69) is 5.32 Å². The molecule has 1 heterocycles. The highest BCUT2D eigenvalue weighted by atomic mass is 35.5. The SMILES string of the molecule is Cc1cc(C)cc(N2C(=O)C(Cl)=C(Nc3ccc(C(=O)Oc4ccc(C)cc4N)cc3)C2=O)c1. The van der Waals surface area contributed by atoms with Gasteiger partial charge in [0.1, 0.15) is 10.7 Å². The fourth-order valence-electron chi connectivity index (χ4n) is 3.68. The molecule has 0 atom stereocenters. The van der Waals surface area contributed by atoms with Crippen molar-refractivity contribution in [3.63, 3.8) is 0 Å². The van der Waals surface area contributed by atoms with E-state index in [0.29, 0.717) is 17.1 Å². The van der Waals surface area contributed by atoms with Gasteiger partial charge in [-0.3, -0.25) is 9.59 Å². The van der Waals surface area contributed by atoms with Crippen LogP contribution in [0.4, 0.5) is 17.1 Å². The van der Waals surface area contributed by atoms with Crippen molar-refractivity contribution in [3.05, 3.63) is 93.6 Å². The molecule has 0 saturated heterocycles. The smallest absolute Gasteiger partial charge is 0.343 e. The van der Waals surface area contributed by atoms with Crippen molar-refractivity contribution in [2.45, 2.75) is 20.8 Å². The number of nitrogens with two attached hydrogens (primary N) is 1. The molecule has 7 nitrogen and oxygen atoms in total. The predicted octanol–water partition coefficient (Wildman–Crippen LogP) is 4.85. The van der Waals surface area contributed by atoms with E-state index < -0.39 is 17.8 Å². The number of halogens is 1. The molecule has 34 heavy (non-hydrogen) atoms. The van der Waals surface area contributed by atoms with Gasteiger partial charge in [0.2, 0.25) is 0 Å². The fraction of sp³-hybridized carbons (Fsp3) is 0.115. The number of hydrogen-bond acceptors (Lipinski definition) is 6. The third-order valence-corrected chi connectivity index (χ3v) is 5.60. The number of nitrogens with one attached hydrogen (secondary N) is 1. The van der Waals surface area contributed by atoms with Gasteiger partial charge in [0.05, 0.1) is 16.9 Å². The number of anilines is 3. The molecule has 0 spiro atoms. The van der Waals surface area contributed by atoms with Crippen molar-refractivity contribution in [2.24, 2.45) is 0 Å². The summed E-state index contributed by atoms with van der Waals surface area (Å²) in [5.74, 6) is -1.46. The highest BCUT2D eigenvalue weighted by Gasteiger charge is 2.39. The molecule has 3 N–H and O–H groups in total. The van der Waals surface area contributed by atoms with Crippen LogP contribution >= 0.6 is 11.6 Å². The minimum Gasteiger partial charge on any atom is -0.421 e. The molecule has 0 saturated carbocycles. The van der Waals surface area contributed by atoms with Crippen LogP contribution in [-0.4, -0.2) is 17.8 Å². The lowest BCUT2D eigenvalue weighted by atomic mass is 10.1. The molecular formula is C26H22ClN3O4. The zero-order valence-corrected chi connectivity index (χ0v) is 19.6. The summed E-state index contributed by atoms with van der Waals surface area (Å²) in [5, 5.41) is 2.69. The van der Waals surface area contributed by atoms with Crippen molar-refractivity contribution in [3.8, 4) is 5.75 Å². The van der Waals surface area contributed by atoms with E-state index in [1.165, 1.54) is 12.1 Å². The van der Waals surface area contributed by atoms with Gasteiger partial charge in [0.15, 0.2) is 5.75 Å². The lowest BCUT2D eigenvalue weighted by Gasteiger charge is -2.16. The van der Waals surface area contributed by atoms with Gasteiger partial charge >= 0.3 is 5.97 Å². The van der Waals surface area contributed by atoms with Crippen LogP contribution in [0.2, 0.25) is 0 Å². The second kappa shape index (κ2) is 9.03. The zero-order valence-electron chi connectivity index (χ0n) is 18.8. The monoisotopic (exact) mass is 475 g/mol. The second-order valence-electron chi connectivity index (χ2n) is 8.11. The number of amides is 2. The summed E-state index contributed by atoms with van der Waals surface area (Å²) in [7, 11) is 0. The number of rotatable bonds is 5. The number of carbonyl (C=O) groups is 3. The van der Waals surface area contributed by atoms with Crippen LogP contribution in [0.25, 0.3) is 0 Å². The van der Waals surface area contributed by atoms with Crippen molar-refractivity contribution in [1.82, 2.24) is 0 Å². The molecule has 3 aromatic rings. The van der Waals surface area contributed by atoms with E-state index in [9.17, 15) is 14.4 Å². The number of aryl methyl sites for hydroxylation is 3. The van der Waals surface area contributed by atoms with E-state index in [1.807, 2.05) is 26.8 Å². The zero-order chi connectivity index (χ0) is 24.6. The van der Waals surface area contributed by atoms with Crippen LogP contribution in [0.1, 0.15) is 27.0 Å². The van der Waals surface area contributed by atoms with E-state index in [0.717, 1.165) is 21.6 Å². The molecule has 172 valence electrons. The van der Waals surface area contributed by atoms with Crippen molar-refractivity contribution >= 4 is 46.4 Å². The highest BCUT2D eigenvalue weighted by molar-refractivity contribution is 6.53. The normalized spacial score (nSPS) is 13.5. The van der Waals surface area contributed by atoms with Crippen LogP contribution in [0.15, 0.2) is 71.4 Å². The lowest BCUT2D eigenvalue weighted by molar-refractivity contribution is -0.120. The molecule has 3 aromatic carbocycles. The average molecular weight is 476 g/mol. The minimum absolute atomic E-state index is 0.0337. The van der Waals surface area contributed by atoms with E-state index >= 15 is 0 Å². The number of hydrogen-bond donors (Lipinski definition) is 2. The predicted molar refractivity (Wildman–Crippen MR) is 132 cm³/mol. The average Bonchev–Trinajstić information content (AvgIpc) is 2.98. The van der Waals surface area contributed by atoms with Crippen LogP contribution in [0, 0.1) is 20.8 Å². The maximum Gasteiger partial charge on any atom is 0.343 e. The number of imide groups is 1. The molecule has 8 heteroatoms. The molecule has 4 rings (SSSR count). The van der Waals surface area contributed by atoms with Gasteiger partial charge in [-0.25, -0.2) is 9.69 Å². The summed E-state index contributed by atoms with van der Waals surface area (Å²) in [5.41, 5.74) is 10.2. The highest BCUT2D eigenvalue weighted by Crippen LogP contribution is 2.31. The number of esters is 1. The Morgan fingerprint density at radius 2 is 1.53 bits per heavy atom. The molecule has 0 radical (unpaired) electrons. The van der Waals surface area contributed by atoms with Crippen molar-refractivity contribution < 1.29 is 19.1 Å². The first-order valence-electron chi connectivity index (χ1n) is 10.5. The largest absolute Gasteiger partial charge is 0.421 e. The lowest BCUT2D eigenvalue weighted by Crippen LogP contribution is -2.32. The molecular weight excluding hydrogens is 454 g/mol. The molecule has 0 unspecified atom stereocenters. The molecule has 2 amide bonds. The summed E-state index contributed by atoms with van der Waals surface area (Å²) in [4.78, 5) is 39.2. The third-order valence-electron chi connectivity index (χ3n) is 5.25. The Morgan fingerprint density at radius 3 is 2.15 bits per heavy atom. The first-order chi connectivity index (χ1) is 16.1. The molecule has 0 bridgehead atoms. The summed E-state index contributed by atoms with van der Waals surface area (Å²) < 4.78 is 5.37. The standard InChI is InChI=1S/C26H22ClN3O4/c1-14-4-9-21(20(28)13-14)34-26(33)17-5-7-18(8-6-17)29-23-22(27)24(31)30(25(23)32)19-11-15(2)10-16(3)12-19/h4-13,29H,28H2,1-3H3. The third kappa shape index (κ3) is 4.51. The Balaban J connectivity index is 1.50. The van der Waals surface area contributed by atoms with Gasteiger partial charge in [0, 0.05) is 5.69 Å². The Hall–Kier alpha value is -4.10. The molecule has 1 aliphatic rings. The molecule has 0 fully saturated rings. The number of benzene rings is 3. The number of nitrogen functional groups attached to an aromatic ring is 1. The molecule has 0 aromatic heterocycles. The van der Waals surface area contributed by atoms with E-state index in [4.69, 9.17) is 22.1 Å². The fourth-order valence-corrected chi connectivity index (χ4v) is 3.89. The second-order valence-corrected chi connectivity index (χ2v) is 8.49. The summed E-state index contributed by atoms with van der Waals surface area (Å²) in [6, 6.07) is 16.8. The minimum atomic E-state index is -0.602. The van der Waals surface area contributed by atoms with Gasteiger partial charge in [-0.15, -0.1) is 0 Å². The molecule has 1 aliphatic heterocycles. The molecule has 0 aliphatic carbocycles. The van der Waals surface area contributed by atoms with Crippen LogP contribution in [0.3, 0.4) is 0 Å². The van der Waals surface area contributed by atoms with Gasteiger partial charge in [-0.05, 0) is 86.0 Å². The van der Waals surface area contributed by atoms with Crippen molar-refractivity contribution in [2.75, 3.05) is 16.0 Å². The van der Waals surface area contributed by atoms with Crippen LogP contribution in [0.5, 0.6) is 5.75 Å². The number of ether oxygens (including phenoxy) is 1. The van der Waals surface area contributed by atoms with Crippen LogP contribution < -0.4 is 20.7 Å². The Bertz CT molecular complexity index is 1340. The number of nitrogens with zero attached hydrogens (tertiary/aromatic N) is 1. The summed E-state index contributed by atoms with van der Waals surface area (Å²) in [6.07, 6.45) is 0. The first-order valence-corrected chi connectivity index (χ1v) is 10.8. The van der Waals surface area contributed by atoms with Gasteiger partial charge in [-0.2, -0.15) is 0 Å². The first kappa shape index (κ1) is 23.1. The van der Waals surface area contributed by atoms with Crippen molar-refractivity contribution in [1.29, 1.82) is 0 Å². The Kier molecular flexibility index (Phi) is 6.13.